The Morgan fingerprint density at radius 1 is 1.07 bits per heavy atom. The van der Waals surface area contributed by atoms with Gasteiger partial charge >= 0.3 is 0 Å². The number of aryl methyl sites for hydroxylation is 3. The number of pyridine rings is 2. The molecule has 0 unspecified atom stereocenters. The molecule has 0 saturated carbocycles. The first-order valence-electron chi connectivity index (χ1n) is 9.15. The van der Waals surface area contributed by atoms with Crippen LogP contribution in [0.4, 0.5) is 0 Å². The Labute approximate surface area is 163 Å². The third-order valence-corrected chi connectivity index (χ3v) is 4.62. The minimum atomic E-state index is -0.160. The monoisotopic (exact) mass is 371 g/mol. The van der Waals surface area contributed by atoms with Crippen LogP contribution in [-0.4, -0.2) is 25.7 Å². The van der Waals surface area contributed by atoms with Gasteiger partial charge in [0.05, 0.1) is 34.6 Å². The predicted molar refractivity (Wildman–Crippen MR) is 108 cm³/mol. The van der Waals surface area contributed by atoms with Crippen LogP contribution in [0.5, 0.6) is 0 Å². The summed E-state index contributed by atoms with van der Waals surface area (Å²) >= 11 is 0. The van der Waals surface area contributed by atoms with E-state index in [1.807, 2.05) is 69.3 Å². The molecule has 4 rings (SSSR count). The van der Waals surface area contributed by atoms with Crippen LogP contribution in [0, 0.1) is 20.8 Å². The molecule has 0 aliphatic heterocycles. The molecule has 0 aliphatic rings. The van der Waals surface area contributed by atoms with E-state index in [1.54, 1.807) is 10.9 Å². The van der Waals surface area contributed by atoms with Crippen molar-refractivity contribution in [2.75, 3.05) is 0 Å². The van der Waals surface area contributed by atoms with E-state index in [-0.39, 0.29) is 5.91 Å². The first-order chi connectivity index (χ1) is 13.5. The van der Waals surface area contributed by atoms with Crippen molar-refractivity contribution in [1.29, 1.82) is 0 Å². The van der Waals surface area contributed by atoms with Crippen molar-refractivity contribution in [3.05, 3.63) is 82.9 Å². The highest BCUT2D eigenvalue weighted by Crippen LogP contribution is 2.25. The summed E-state index contributed by atoms with van der Waals surface area (Å²) in [6.45, 7) is 6.20. The van der Waals surface area contributed by atoms with Crippen LogP contribution in [-0.2, 0) is 6.54 Å². The minimum absolute atomic E-state index is 0.160. The van der Waals surface area contributed by atoms with Crippen LogP contribution >= 0.6 is 0 Å². The lowest BCUT2D eigenvalue weighted by atomic mass is 10.1. The summed E-state index contributed by atoms with van der Waals surface area (Å²) in [5, 5.41) is 8.37. The topological polar surface area (TPSA) is 72.7 Å². The van der Waals surface area contributed by atoms with Crippen LogP contribution in [0.25, 0.3) is 16.7 Å². The zero-order valence-electron chi connectivity index (χ0n) is 16.1. The quantitative estimate of drug-likeness (QED) is 0.594. The Hall–Kier alpha value is -3.54. The van der Waals surface area contributed by atoms with Gasteiger partial charge < -0.3 is 5.32 Å². The normalized spacial score (nSPS) is 11.0. The van der Waals surface area contributed by atoms with Crippen molar-refractivity contribution in [3.8, 4) is 5.69 Å². The molecular formula is C22H21N5O. The number of amides is 1. The van der Waals surface area contributed by atoms with Gasteiger partial charge in [0.1, 0.15) is 0 Å². The minimum Gasteiger partial charge on any atom is -0.346 e. The highest BCUT2D eigenvalue weighted by atomic mass is 16.1. The standard InChI is InChI=1S/C22H21N5O/c1-14-7-9-18(10-8-14)27-21-20(16(3)26-27)19(12-15(2)25-21)22(28)24-13-17-6-4-5-11-23-17/h4-12H,13H2,1-3H3,(H,24,28). The van der Waals surface area contributed by atoms with Crippen LogP contribution in [0.15, 0.2) is 54.7 Å². The molecule has 0 aliphatic carbocycles. The molecule has 0 radical (unpaired) electrons. The molecule has 140 valence electrons. The third kappa shape index (κ3) is 3.36. The molecule has 28 heavy (non-hydrogen) atoms. The number of nitrogens with one attached hydrogen (secondary N) is 1. The molecule has 0 fully saturated rings. The zero-order valence-corrected chi connectivity index (χ0v) is 16.1. The van der Waals surface area contributed by atoms with Crippen molar-refractivity contribution in [3.63, 3.8) is 0 Å². The molecule has 0 atom stereocenters. The van der Waals surface area contributed by atoms with E-state index >= 15 is 0 Å². The number of nitrogens with zero attached hydrogens (tertiary/aromatic N) is 4. The van der Waals surface area contributed by atoms with Gasteiger partial charge in [-0.25, -0.2) is 9.67 Å². The third-order valence-electron chi connectivity index (χ3n) is 4.62. The number of aromatic nitrogens is 4. The molecule has 1 aromatic carbocycles. The first-order valence-corrected chi connectivity index (χ1v) is 9.15. The van der Waals surface area contributed by atoms with E-state index in [4.69, 9.17) is 0 Å². The van der Waals surface area contributed by atoms with Crippen molar-refractivity contribution >= 4 is 16.9 Å². The molecule has 6 heteroatoms. The lowest BCUT2D eigenvalue weighted by molar-refractivity contribution is 0.0952. The molecule has 1 amide bonds. The van der Waals surface area contributed by atoms with Gasteiger partial charge in [-0.1, -0.05) is 23.8 Å². The van der Waals surface area contributed by atoms with Gasteiger partial charge in [-0.2, -0.15) is 5.10 Å². The van der Waals surface area contributed by atoms with Gasteiger partial charge in [-0.05, 0) is 51.1 Å². The SMILES string of the molecule is Cc1ccc(-n2nc(C)c3c(C(=O)NCc4ccccn4)cc(C)nc32)cc1. The fraction of sp³-hybridized carbons (Fsp3) is 0.182. The van der Waals surface area contributed by atoms with Crippen LogP contribution in [0.2, 0.25) is 0 Å². The number of carbonyl (C=O) groups is 1. The van der Waals surface area contributed by atoms with Crippen molar-refractivity contribution in [2.24, 2.45) is 0 Å². The maximum atomic E-state index is 12.9. The number of rotatable bonds is 4. The summed E-state index contributed by atoms with van der Waals surface area (Å²) in [6, 6.07) is 15.5. The Kier molecular flexibility index (Phi) is 4.61. The average molecular weight is 371 g/mol. The first kappa shape index (κ1) is 17.9. The summed E-state index contributed by atoms with van der Waals surface area (Å²) in [6.07, 6.45) is 1.71. The van der Waals surface area contributed by atoms with E-state index < -0.39 is 0 Å². The van der Waals surface area contributed by atoms with Crippen LogP contribution in [0.3, 0.4) is 0 Å². The molecule has 0 bridgehead atoms. The van der Waals surface area contributed by atoms with Gasteiger partial charge in [0, 0.05) is 11.9 Å². The lowest BCUT2D eigenvalue weighted by Gasteiger charge is -2.08. The van der Waals surface area contributed by atoms with Gasteiger partial charge in [-0.15, -0.1) is 0 Å². The summed E-state index contributed by atoms with van der Waals surface area (Å²) < 4.78 is 1.80. The highest BCUT2D eigenvalue weighted by Gasteiger charge is 2.19. The molecule has 1 N–H and O–H groups in total. The van der Waals surface area contributed by atoms with Crippen molar-refractivity contribution in [1.82, 2.24) is 25.1 Å². The van der Waals surface area contributed by atoms with Gasteiger partial charge in [0.15, 0.2) is 5.65 Å². The number of carbonyl (C=O) groups excluding carboxylic acids is 1. The zero-order chi connectivity index (χ0) is 19.7. The Bertz CT molecular complexity index is 1150. The molecule has 3 aromatic heterocycles. The largest absolute Gasteiger partial charge is 0.346 e. The van der Waals surface area contributed by atoms with Crippen LogP contribution < -0.4 is 5.32 Å². The fourth-order valence-corrected chi connectivity index (χ4v) is 3.23. The summed E-state index contributed by atoms with van der Waals surface area (Å²) in [5.41, 5.74) is 5.70. The summed E-state index contributed by atoms with van der Waals surface area (Å²) in [5.74, 6) is -0.160. The Morgan fingerprint density at radius 3 is 2.57 bits per heavy atom. The van der Waals surface area contributed by atoms with E-state index in [0.717, 1.165) is 28.2 Å². The Morgan fingerprint density at radius 2 is 1.86 bits per heavy atom. The number of fused-ring (bicyclic) bond motifs is 1. The molecule has 6 nitrogen and oxygen atoms in total. The maximum absolute atomic E-state index is 12.9. The average Bonchev–Trinajstić information content (AvgIpc) is 3.03. The van der Waals surface area contributed by atoms with Gasteiger partial charge in [0.2, 0.25) is 0 Å². The summed E-state index contributed by atoms with van der Waals surface area (Å²) in [7, 11) is 0. The number of hydrogen-bond acceptors (Lipinski definition) is 4. The molecule has 0 saturated heterocycles. The predicted octanol–water partition coefficient (Wildman–Crippen LogP) is 3.67. The van der Waals surface area contributed by atoms with Crippen molar-refractivity contribution in [2.45, 2.75) is 27.3 Å². The van der Waals surface area contributed by atoms with E-state index in [2.05, 4.69) is 20.4 Å². The molecular weight excluding hydrogens is 350 g/mol. The van der Waals surface area contributed by atoms with E-state index in [9.17, 15) is 4.79 Å². The van der Waals surface area contributed by atoms with Gasteiger partial charge in [-0.3, -0.25) is 9.78 Å². The second-order valence-corrected chi connectivity index (χ2v) is 6.85. The molecule has 0 spiro atoms. The second-order valence-electron chi connectivity index (χ2n) is 6.85. The lowest BCUT2D eigenvalue weighted by Crippen LogP contribution is -2.23. The van der Waals surface area contributed by atoms with Crippen LogP contribution in [0.1, 0.15) is 33.0 Å². The smallest absolute Gasteiger partial charge is 0.252 e. The highest BCUT2D eigenvalue weighted by molar-refractivity contribution is 6.06. The van der Waals surface area contributed by atoms with E-state index in [0.29, 0.717) is 17.8 Å². The molecule has 4 aromatic rings. The molecule has 3 heterocycles. The van der Waals surface area contributed by atoms with Crippen molar-refractivity contribution < 1.29 is 4.79 Å². The fourth-order valence-electron chi connectivity index (χ4n) is 3.23. The van der Waals surface area contributed by atoms with Gasteiger partial charge in [0.25, 0.3) is 5.91 Å². The summed E-state index contributed by atoms with van der Waals surface area (Å²) in [4.78, 5) is 21.8. The maximum Gasteiger partial charge on any atom is 0.252 e. The number of benzene rings is 1. The Balaban J connectivity index is 1.75. The number of hydrogen-bond donors (Lipinski definition) is 1. The second kappa shape index (κ2) is 7.23. The van der Waals surface area contributed by atoms with E-state index in [1.165, 1.54) is 5.56 Å².